The van der Waals surface area contributed by atoms with Crippen molar-refractivity contribution in [2.75, 3.05) is 5.32 Å². The maximum atomic E-state index is 13.7. The lowest BCUT2D eigenvalue weighted by Crippen LogP contribution is -2.33. The predicted molar refractivity (Wildman–Crippen MR) is 91.0 cm³/mol. The molecule has 126 valence electrons. The van der Waals surface area contributed by atoms with Gasteiger partial charge >= 0.3 is 6.03 Å². The highest BCUT2D eigenvalue weighted by Gasteiger charge is 2.18. The van der Waals surface area contributed by atoms with Gasteiger partial charge in [0, 0.05) is 12.3 Å². The molecule has 0 unspecified atom stereocenters. The first-order valence-corrected chi connectivity index (χ1v) is 7.62. The fourth-order valence-corrected chi connectivity index (χ4v) is 2.40. The Morgan fingerprint density at radius 2 is 1.72 bits per heavy atom. The van der Waals surface area contributed by atoms with Crippen molar-refractivity contribution in [2.45, 2.75) is 6.04 Å². The zero-order chi connectivity index (χ0) is 17.6. The van der Waals surface area contributed by atoms with E-state index in [1.807, 2.05) is 36.4 Å². The molecular formula is C19H15F2N3O. The molecule has 2 N–H and O–H groups in total. The summed E-state index contributed by atoms with van der Waals surface area (Å²) in [6, 6.07) is 16.5. The summed E-state index contributed by atoms with van der Waals surface area (Å²) in [5, 5.41) is 5.15. The maximum absolute atomic E-state index is 13.7. The van der Waals surface area contributed by atoms with Crippen molar-refractivity contribution in [1.29, 1.82) is 0 Å². The van der Waals surface area contributed by atoms with Gasteiger partial charge in [-0.15, -0.1) is 0 Å². The molecule has 2 amide bonds. The molecule has 0 spiro atoms. The van der Waals surface area contributed by atoms with Crippen LogP contribution in [0.25, 0.3) is 0 Å². The van der Waals surface area contributed by atoms with Crippen LogP contribution in [0.1, 0.15) is 17.3 Å². The number of aromatic nitrogens is 1. The van der Waals surface area contributed by atoms with Gasteiger partial charge in [0.25, 0.3) is 0 Å². The third-order valence-electron chi connectivity index (χ3n) is 3.57. The van der Waals surface area contributed by atoms with Gasteiger partial charge in [0.05, 0.1) is 17.4 Å². The second kappa shape index (κ2) is 7.53. The second-order valence-corrected chi connectivity index (χ2v) is 5.32. The van der Waals surface area contributed by atoms with E-state index in [9.17, 15) is 13.6 Å². The lowest BCUT2D eigenvalue weighted by Gasteiger charge is -2.19. The van der Waals surface area contributed by atoms with E-state index >= 15 is 0 Å². The third-order valence-corrected chi connectivity index (χ3v) is 3.57. The average molecular weight is 339 g/mol. The number of carbonyl (C=O) groups is 1. The van der Waals surface area contributed by atoms with E-state index in [1.54, 1.807) is 18.3 Å². The van der Waals surface area contributed by atoms with Crippen molar-refractivity contribution in [2.24, 2.45) is 0 Å². The van der Waals surface area contributed by atoms with Crippen LogP contribution in [0.2, 0.25) is 0 Å². The highest BCUT2D eigenvalue weighted by atomic mass is 19.1. The van der Waals surface area contributed by atoms with Gasteiger partial charge in [0.1, 0.15) is 11.6 Å². The Balaban J connectivity index is 1.82. The first-order chi connectivity index (χ1) is 12.1. The molecule has 2 aromatic carbocycles. The van der Waals surface area contributed by atoms with E-state index in [0.717, 1.165) is 11.6 Å². The van der Waals surface area contributed by atoms with Crippen molar-refractivity contribution in [1.82, 2.24) is 10.3 Å². The molecule has 1 atom stereocenters. The number of rotatable bonds is 4. The molecule has 0 aliphatic carbocycles. The Labute approximate surface area is 143 Å². The summed E-state index contributed by atoms with van der Waals surface area (Å²) in [4.78, 5) is 16.6. The minimum absolute atomic E-state index is 0.105. The average Bonchev–Trinajstić information content (AvgIpc) is 2.63. The largest absolute Gasteiger partial charge is 0.325 e. The number of carbonyl (C=O) groups excluding carboxylic acids is 1. The van der Waals surface area contributed by atoms with Crippen LogP contribution in [0.15, 0.2) is 72.9 Å². The molecule has 3 aromatic rings. The number of nitrogens with one attached hydrogen (secondary N) is 2. The van der Waals surface area contributed by atoms with E-state index in [2.05, 4.69) is 15.6 Å². The summed E-state index contributed by atoms with van der Waals surface area (Å²) in [5.74, 6) is -1.55. The Hall–Kier alpha value is -3.28. The standard InChI is InChI=1S/C19H15F2N3O/c20-14-9-10-16(15(21)12-14)23-19(25)24-18(13-6-2-1-3-7-13)17-8-4-5-11-22-17/h1-12,18H,(H2,23,24,25)/t18-/m1/s1. The molecule has 1 aromatic heterocycles. The van der Waals surface area contributed by atoms with Crippen molar-refractivity contribution >= 4 is 11.7 Å². The molecule has 0 aliphatic heterocycles. The number of hydrogen-bond acceptors (Lipinski definition) is 2. The fraction of sp³-hybridized carbons (Fsp3) is 0.0526. The summed E-state index contributed by atoms with van der Waals surface area (Å²) in [6.07, 6.45) is 1.63. The fourth-order valence-electron chi connectivity index (χ4n) is 2.40. The third kappa shape index (κ3) is 4.17. The number of amides is 2. The van der Waals surface area contributed by atoms with Gasteiger partial charge in [-0.2, -0.15) is 0 Å². The number of benzene rings is 2. The van der Waals surface area contributed by atoms with Crippen LogP contribution < -0.4 is 10.6 Å². The van der Waals surface area contributed by atoms with E-state index in [1.165, 1.54) is 6.07 Å². The van der Waals surface area contributed by atoms with Gasteiger partial charge in [0.2, 0.25) is 0 Å². The SMILES string of the molecule is O=C(Nc1ccc(F)cc1F)N[C@H](c1ccccc1)c1ccccn1. The summed E-state index contributed by atoms with van der Waals surface area (Å²) in [5.41, 5.74) is 1.37. The first-order valence-electron chi connectivity index (χ1n) is 7.62. The van der Waals surface area contributed by atoms with Crippen molar-refractivity contribution in [3.63, 3.8) is 0 Å². The molecule has 0 saturated heterocycles. The molecule has 0 fully saturated rings. The number of hydrogen-bond donors (Lipinski definition) is 2. The van der Waals surface area contributed by atoms with Crippen molar-refractivity contribution in [3.8, 4) is 0 Å². The topological polar surface area (TPSA) is 54.0 Å². The van der Waals surface area contributed by atoms with Gasteiger partial charge in [-0.25, -0.2) is 13.6 Å². The Morgan fingerprint density at radius 3 is 2.40 bits per heavy atom. The summed E-state index contributed by atoms with van der Waals surface area (Å²) in [7, 11) is 0. The smallest absolute Gasteiger partial charge is 0.320 e. The van der Waals surface area contributed by atoms with Gasteiger partial charge in [-0.1, -0.05) is 36.4 Å². The summed E-state index contributed by atoms with van der Waals surface area (Å²) >= 11 is 0. The monoisotopic (exact) mass is 339 g/mol. The normalized spacial score (nSPS) is 11.6. The minimum atomic E-state index is -0.843. The maximum Gasteiger partial charge on any atom is 0.320 e. The number of nitrogens with zero attached hydrogens (tertiary/aromatic N) is 1. The Kier molecular flexibility index (Phi) is 4.99. The van der Waals surface area contributed by atoms with Crippen LogP contribution in [0.5, 0.6) is 0 Å². The van der Waals surface area contributed by atoms with E-state index in [0.29, 0.717) is 11.8 Å². The highest BCUT2D eigenvalue weighted by molar-refractivity contribution is 5.89. The molecule has 1 heterocycles. The molecule has 0 aliphatic rings. The highest BCUT2D eigenvalue weighted by Crippen LogP contribution is 2.21. The molecule has 0 bridgehead atoms. The lowest BCUT2D eigenvalue weighted by molar-refractivity contribution is 0.249. The van der Waals surface area contributed by atoms with Crippen molar-refractivity contribution in [3.05, 3.63) is 95.8 Å². The van der Waals surface area contributed by atoms with Gasteiger partial charge < -0.3 is 10.6 Å². The van der Waals surface area contributed by atoms with Crippen LogP contribution in [0.4, 0.5) is 19.3 Å². The van der Waals surface area contributed by atoms with Crippen LogP contribution in [0.3, 0.4) is 0 Å². The molecular weight excluding hydrogens is 324 g/mol. The van der Waals surface area contributed by atoms with Gasteiger partial charge in [-0.05, 0) is 29.8 Å². The van der Waals surface area contributed by atoms with Crippen LogP contribution >= 0.6 is 0 Å². The van der Waals surface area contributed by atoms with E-state index in [-0.39, 0.29) is 5.69 Å². The second-order valence-electron chi connectivity index (χ2n) is 5.32. The minimum Gasteiger partial charge on any atom is -0.325 e. The zero-order valence-electron chi connectivity index (χ0n) is 13.1. The molecule has 6 heteroatoms. The Morgan fingerprint density at radius 1 is 0.960 bits per heavy atom. The van der Waals surface area contributed by atoms with E-state index in [4.69, 9.17) is 0 Å². The predicted octanol–water partition coefficient (Wildman–Crippen LogP) is 4.27. The quantitative estimate of drug-likeness (QED) is 0.746. The number of halogens is 2. The summed E-state index contributed by atoms with van der Waals surface area (Å²) in [6.45, 7) is 0. The first kappa shape index (κ1) is 16.6. The molecule has 0 radical (unpaired) electrons. The van der Waals surface area contributed by atoms with Crippen LogP contribution in [0, 0.1) is 11.6 Å². The van der Waals surface area contributed by atoms with Crippen molar-refractivity contribution < 1.29 is 13.6 Å². The van der Waals surface area contributed by atoms with E-state index < -0.39 is 23.7 Å². The number of anilines is 1. The van der Waals surface area contributed by atoms with Gasteiger partial charge in [-0.3, -0.25) is 4.98 Å². The van der Waals surface area contributed by atoms with Crippen LogP contribution in [-0.4, -0.2) is 11.0 Å². The molecule has 0 saturated carbocycles. The number of urea groups is 1. The molecule has 3 rings (SSSR count). The Bertz CT molecular complexity index is 818. The molecule has 4 nitrogen and oxygen atoms in total. The number of pyridine rings is 1. The zero-order valence-corrected chi connectivity index (χ0v) is 13.1. The van der Waals surface area contributed by atoms with Crippen LogP contribution in [-0.2, 0) is 0 Å². The molecule has 25 heavy (non-hydrogen) atoms. The summed E-state index contributed by atoms with van der Waals surface area (Å²) < 4.78 is 26.7. The lowest BCUT2D eigenvalue weighted by atomic mass is 10.0. The van der Waals surface area contributed by atoms with Gasteiger partial charge in [0.15, 0.2) is 0 Å².